The molecule has 4 nitrogen and oxygen atoms in total. The van der Waals surface area contributed by atoms with Crippen molar-refractivity contribution >= 4 is 29.1 Å². The van der Waals surface area contributed by atoms with Crippen LogP contribution in [0.15, 0.2) is 18.2 Å². The molecule has 2 aliphatic rings. The quantitative estimate of drug-likeness (QED) is 0.788. The van der Waals surface area contributed by atoms with Gasteiger partial charge >= 0.3 is 0 Å². The van der Waals surface area contributed by atoms with Crippen molar-refractivity contribution in [3.05, 3.63) is 29.0 Å². The summed E-state index contributed by atoms with van der Waals surface area (Å²) in [5.74, 6) is -1.17. The molecule has 0 unspecified atom stereocenters. The standard InChI is InChI=1S/C15H16ClFN2O2/c16-11-5-4-10(8-12(11)17)19-14(20)9-13(15(19)21)18-6-2-1-3-7-18/h4-5,8,13H,1-3,6-7,9H2/t13-/m1/s1. The maximum atomic E-state index is 13.5. The van der Waals surface area contributed by atoms with E-state index in [1.54, 1.807) is 0 Å². The van der Waals surface area contributed by atoms with Gasteiger partial charge in [-0.05, 0) is 44.1 Å². The van der Waals surface area contributed by atoms with Crippen molar-refractivity contribution < 1.29 is 14.0 Å². The molecule has 2 aliphatic heterocycles. The molecule has 2 saturated heterocycles. The molecule has 1 aromatic rings. The van der Waals surface area contributed by atoms with Crippen LogP contribution in [-0.4, -0.2) is 35.8 Å². The number of piperidine rings is 1. The molecule has 1 aromatic carbocycles. The molecule has 6 heteroatoms. The Hall–Kier alpha value is -1.46. The number of amides is 2. The summed E-state index contributed by atoms with van der Waals surface area (Å²) in [6.45, 7) is 1.68. The van der Waals surface area contributed by atoms with Gasteiger partial charge in [0.05, 0.1) is 23.2 Å². The lowest BCUT2D eigenvalue weighted by Crippen LogP contribution is -2.44. The van der Waals surface area contributed by atoms with Crippen molar-refractivity contribution in [2.75, 3.05) is 18.0 Å². The first-order valence-corrected chi connectivity index (χ1v) is 7.51. The fraction of sp³-hybridized carbons (Fsp3) is 0.467. The van der Waals surface area contributed by atoms with Crippen molar-refractivity contribution in [1.29, 1.82) is 0 Å². The van der Waals surface area contributed by atoms with Gasteiger partial charge in [0, 0.05) is 0 Å². The Labute approximate surface area is 127 Å². The van der Waals surface area contributed by atoms with Crippen molar-refractivity contribution in [2.24, 2.45) is 0 Å². The molecule has 2 fully saturated rings. The van der Waals surface area contributed by atoms with Crippen molar-refractivity contribution in [1.82, 2.24) is 4.90 Å². The van der Waals surface area contributed by atoms with Crippen LogP contribution in [0.1, 0.15) is 25.7 Å². The molecule has 2 amide bonds. The van der Waals surface area contributed by atoms with Gasteiger partial charge in [-0.2, -0.15) is 0 Å². The first-order valence-electron chi connectivity index (χ1n) is 7.14. The lowest BCUT2D eigenvalue weighted by molar-refractivity contribution is -0.123. The molecule has 3 rings (SSSR count). The molecule has 112 valence electrons. The number of carbonyl (C=O) groups excluding carboxylic acids is 2. The molecule has 0 bridgehead atoms. The van der Waals surface area contributed by atoms with Crippen LogP contribution in [0.2, 0.25) is 5.02 Å². The van der Waals surface area contributed by atoms with E-state index >= 15 is 0 Å². The zero-order chi connectivity index (χ0) is 15.0. The lowest BCUT2D eigenvalue weighted by Gasteiger charge is -2.30. The monoisotopic (exact) mass is 310 g/mol. The second kappa shape index (κ2) is 5.73. The number of hydrogen-bond acceptors (Lipinski definition) is 3. The highest BCUT2D eigenvalue weighted by molar-refractivity contribution is 6.31. The first-order chi connectivity index (χ1) is 10.1. The van der Waals surface area contributed by atoms with Crippen LogP contribution in [-0.2, 0) is 9.59 Å². The molecule has 0 radical (unpaired) electrons. The molecular formula is C15H16ClFN2O2. The molecule has 0 aliphatic carbocycles. The minimum absolute atomic E-state index is 0.0228. The summed E-state index contributed by atoms with van der Waals surface area (Å²) in [5.41, 5.74) is 0.256. The predicted octanol–water partition coefficient (Wildman–Crippen LogP) is 2.60. The minimum Gasteiger partial charge on any atom is -0.292 e. The van der Waals surface area contributed by atoms with E-state index < -0.39 is 11.9 Å². The highest BCUT2D eigenvalue weighted by atomic mass is 35.5. The zero-order valence-corrected chi connectivity index (χ0v) is 12.3. The van der Waals surface area contributed by atoms with Crippen LogP contribution in [0.3, 0.4) is 0 Å². The largest absolute Gasteiger partial charge is 0.292 e. The highest BCUT2D eigenvalue weighted by Gasteiger charge is 2.42. The smallest absolute Gasteiger partial charge is 0.251 e. The molecule has 0 N–H and O–H groups in total. The molecule has 1 atom stereocenters. The Morgan fingerprint density at radius 1 is 1.14 bits per heavy atom. The van der Waals surface area contributed by atoms with Crippen LogP contribution in [0, 0.1) is 5.82 Å². The van der Waals surface area contributed by atoms with E-state index in [1.165, 1.54) is 12.1 Å². The average Bonchev–Trinajstić information content (AvgIpc) is 2.78. The molecule has 0 aromatic heterocycles. The summed E-state index contributed by atoms with van der Waals surface area (Å²) in [6, 6.07) is 3.59. The zero-order valence-electron chi connectivity index (χ0n) is 11.5. The van der Waals surface area contributed by atoms with E-state index in [9.17, 15) is 14.0 Å². The van der Waals surface area contributed by atoms with E-state index in [4.69, 9.17) is 11.6 Å². The minimum atomic E-state index is -0.629. The van der Waals surface area contributed by atoms with Crippen molar-refractivity contribution in [2.45, 2.75) is 31.7 Å². The van der Waals surface area contributed by atoms with Gasteiger partial charge in [-0.15, -0.1) is 0 Å². The average molecular weight is 311 g/mol. The number of nitrogens with zero attached hydrogens (tertiary/aromatic N) is 2. The Morgan fingerprint density at radius 2 is 1.86 bits per heavy atom. The third-order valence-electron chi connectivity index (χ3n) is 4.12. The topological polar surface area (TPSA) is 40.6 Å². The number of hydrogen-bond donors (Lipinski definition) is 0. The second-order valence-electron chi connectivity index (χ2n) is 5.48. The molecule has 21 heavy (non-hydrogen) atoms. The van der Waals surface area contributed by atoms with Crippen LogP contribution in [0.4, 0.5) is 10.1 Å². The van der Waals surface area contributed by atoms with Gasteiger partial charge in [-0.3, -0.25) is 14.5 Å². The number of benzene rings is 1. The predicted molar refractivity (Wildman–Crippen MR) is 77.7 cm³/mol. The van der Waals surface area contributed by atoms with E-state index in [0.29, 0.717) is 0 Å². The maximum absolute atomic E-state index is 13.5. The van der Waals surface area contributed by atoms with E-state index in [0.717, 1.165) is 43.3 Å². The third-order valence-corrected chi connectivity index (χ3v) is 4.42. The third kappa shape index (κ3) is 2.68. The normalized spacial score (nSPS) is 23.9. The summed E-state index contributed by atoms with van der Waals surface area (Å²) in [4.78, 5) is 27.8. The van der Waals surface area contributed by atoms with E-state index in [2.05, 4.69) is 4.90 Å². The van der Waals surface area contributed by atoms with E-state index in [1.807, 2.05) is 0 Å². The van der Waals surface area contributed by atoms with Gasteiger partial charge in [0.2, 0.25) is 5.91 Å². The maximum Gasteiger partial charge on any atom is 0.251 e. The second-order valence-corrected chi connectivity index (χ2v) is 5.89. The first kappa shape index (κ1) is 14.5. The molecule has 0 saturated carbocycles. The fourth-order valence-electron chi connectivity index (χ4n) is 3.03. The van der Waals surface area contributed by atoms with Gasteiger partial charge < -0.3 is 0 Å². The van der Waals surface area contributed by atoms with Crippen LogP contribution < -0.4 is 4.90 Å². The molecular weight excluding hydrogens is 295 g/mol. The summed E-state index contributed by atoms with van der Waals surface area (Å²) >= 11 is 5.64. The van der Waals surface area contributed by atoms with Crippen LogP contribution in [0.5, 0.6) is 0 Å². The summed E-state index contributed by atoms with van der Waals surface area (Å²) in [7, 11) is 0. The summed E-state index contributed by atoms with van der Waals surface area (Å²) < 4.78 is 13.5. The van der Waals surface area contributed by atoms with Crippen LogP contribution >= 0.6 is 11.6 Å². The van der Waals surface area contributed by atoms with Gasteiger partial charge in [0.15, 0.2) is 0 Å². The van der Waals surface area contributed by atoms with Gasteiger partial charge in [-0.25, -0.2) is 9.29 Å². The number of likely N-dealkylation sites (tertiary alicyclic amines) is 1. The van der Waals surface area contributed by atoms with Gasteiger partial charge in [0.25, 0.3) is 5.91 Å². The van der Waals surface area contributed by atoms with E-state index in [-0.39, 0.29) is 28.9 Å². The Morgan fingerprint density at radius 3 is 2.52 bits per heavy atom. The van der Waals surface area contributed by atoms with Gasteiger partial charge in [0.1, 0.15) is 5.82 Å². The number of imide groups is 1. The van der Waals surface area contributed by atoms with Crippen molar-refractivity contribution in [3.63, 3.8) is 0 Å². The summed E-state index contributed by atoms with van der Waals surface area (Å²) in [6.07, 6.45) is 3.43. The highest BCUT2D eigenvalue weighted by Crippen LogP contribution is 2.29. The van der Waals surface area contributed by atoms with Crippen LogP contribution in [0.25, 0.3) is 0 Å². The Kier molecular flexibility index (Phi) is 3.95. The number of halogens is 2. The number of rotatable bonds is 2. The SMILES string of the molecule is O=C1C[C@@H](N2CCCCC2)C(=O)N1c1ccc(Cl)c(F)c1. The molecule has 2 heterocycles. The summed E-state index contributed by atoms with van der Waals surface area (Å²) in [5, 5.41) is -0.0228. The van der Waals surface area contributed by atoms with Gasteiger partial charge in [-0.1, -0.05) is 18.0 Å². The molecule has 0 spiro atoms. The number of carbonyl (C=O) groups is 2. The van der Waals surface area contributed by atoms with Crippen molar-refractivity contribution in [3.8, 4) is 0 Å². The number of anilines is 1. The Balaban J connectivity index is 1.84. The lowest BCUT2D eigenvalue weighted by atomic mass is 10.1. The fourth-order valence-corrected chi connectivity index (χ4v) is 3.14. The Bertz CT molecular complexity index is 587.